The summed E-state index contributed by atoms with van der Waals surface area (Å²) in [5.41, 5.74) is 6.13. The van der Waals surface area contributed by atoms with Gasteiger partial charge in [-0.2, -0.15) is 0 Å². The average Bonchev–Trinajstić information content (AvgIpc) is 3.34. The van der Waals surface area contributed by atoms with E-state index >= 15 is 0 Å². The van der Waals surface area contributed by atoms with E-state index in [2.05, 4.69) is 53.2 Å². The summed E-state index contributed by atoms with van der Waals surface area (Å²) in [6.07, 6.45) is 5.33. The Balaban J connectivity index is 0.00000124. The zero-order valence-electron chi connectivity index (χ0n) is 25.0. The molecule has 0 amide bonds. The van der Waals surface area contributed by atoms with Gasteiger partial charge in [0.05, 0.1) is 10.6 Å². The van der Waals surface area contributed by atoms with E-state index in [1.54, 1.807) is 24.1 Å². The van der Waals surface area contributed by atoms with Crippen molar-refractivity contribution in [1.29, 1.82) is 0 Å². The molecule has 4 aromatic rings. The van der Waals surface area contributed by atoms with Crippen molar-refractivity contribution in [2.45, 2.75) is 57.4 Å². The maximum atomic E-state index is 13.6. The smallest absolute Gasteiger partial charge is 0.139 e. The second-order valence-electron chi connectivity index (χ2n) is 10.5. The number of hydrogen-bond acceptors (Lipinski definition) is 5. The fourth-order valence-corrected chi connectivity index (χ4v) is 7.10. The van der Waals surface area contributed by atoms with Gasteiger partial charge in [0.15, 0.2) is 0 Å². The highest BCUT2D eigenvalue weighted by atomic mass is 32.2. The van der Waals surface area contributed by atoms with E-state index in [1.165, 1.54) is 24.1 Å². The lowest BCUT2D eigenvalue weighted by atomic mass is 9.89. The molecule has 5 nitrogen and oxygen atoms in total. The van der Waals surface area contributed by atoms with E-state index in [0.717, 1.165) is 69.9 Å². The lowest BCUT2D eigenvalue weighted by Gasteiger charge is -2.34. The van der Waals surface area contributed by atoms with Gasteiger partial charge in [-0.15, -0.1) is 0 Å². The molecular formula is C33H42FN3O2S2. The molecule has 1 fully saturated rings. The topological polar surface area (TPSA) is 48.7 Å². The molecule has 3 aromatic carbocycles. The summed E-state index contributed by atoms with van der Waals surface area (Å²) in [7, 11) is 2.79. The third-order valence-corrected chi connectivity index (χ3v) is 9.73. The van der Waals surface area contributed by atoms with Crippen LogP contribution in [-0.2, 0) is 17.5 Å². The largest absolute Gasteiger partial charge is 0.456 e. The van der Waals surface area contributed by atoms with Gasteiger partial charge in [-0.05, 0) is 80.3 Å². The molecule has 8 heteroatoms. The lowest BCUT2D eigenvalue weighted by molar-refractivity contribution is 0.331. The number of piperidine rings is 1. The zero-order chi connectivity index (χ0) is 29.5. The Kier molecular flexibility index (Phi) is 11.1. The first-order valence-electron chi connectivity index (χ1n) is 14.3. The molecule has 1 N–H and O–H groups in total. The molecule has 1 saturated heterocycles. The molecule has 0 spiro atoms. The van der Waals surface area contributed by atoms with Crippen LogP contribution in [0.4, 0.5) is 10.1 Å². The minimum absolute atomic E-state index is 0.234. The van der Waals surface area contributed by atoms with Crippen LogP contribution in [-0.4, -0.2) is 42.0 Å². The number of rotatable bonds is 8. The molecule has 1 aliphatic rings. The van der Waals surface area contributed by atoms with Crippen LogP contribution in [0.1, 0.15) is 55.7 Å². The molecule has 41 heavy (non-hydrogen) atoms. The maximum Gasteiger partial charge on any atom is 0.139 e. The van der Waals surface area contributed by atoms with Crippen molar-refractivity contribution in [2.75, 3.05) is 37.7 Å². The van der Waals surface area contributed by atoms with E-state index in [-0.39, 0.29) is 11.7 Å². The number of nitrogens with one attached hydrogen (secondary N) is 1. The summed E-state index contributed by atoms with van der Waals surface area (Å²) in [5, 5.41) is 4.34. The van der Waals surface area contributed by atoms with Crippen molar-refractivity contribution in [3.63, 3.8) is 0 Å². The second kappa shape index (κ2) is 14.5. The highest BCUT2D eigenvalue weighted by Crippen LogP contribution is 2.42. The average molecular weight is 596 g/mol. The van der Waals surface area contributed by atoms with Crippen molar-refractivity contribution in [1.82, 2.24) is 9.62 Å². The SMILES string of the molecule is CCC.CNCc1c(-c2ccc(F)cc2)oc2cc(N(C)SC)c([C@@H]3CCCN(S(=O)c4ccccc4C)C3)cc12. The first kappa shape index (κ1) is 31.3. The second-order valence-corrected chi connectivity index (χ2v) is 12.9. The summed E-state index contributed by atoms with van der Waals surface area (Å²) in [5.74, 6) is 0.726. The zero-order valence-corrected chi connectivity index (χ0v) is 26.6. The summed E-state index contributed by atoms with van der Waals surface area (Å²) in [4.78, 5) is 0.889. The normalized spacial score (nSPS) is 16.3. The van der Waals surface area contributed by atoms with Gasteiger partial charge in [-0.1, -0.05) is 50.4 Å². The van der Waals surface area contributed by atoms with Crippen LogP contribution in [0.5, 0.6) is 0 Å². The van der Waals surface area contributed by atoms with Gasteiger partial charge in [-0.25, -0.2) is 12.9 Å². The van der Waals surface area contributed by atoms with E-state index in [0.29, 0.717) is 6.54 Å². The molecule has 220 valence electrons. The number of halogens is 1. The molecule has 2 heterocycles. The third-order valence-electron chi connectivity index (χ3n) is 7.35. The van der Waals surface area contributed by atoms with Gasteiger partial charge >= 0.3 is 0 Å². The predicted octanol–water partition coefficient (Wildman–Crippen LogP) is 8.30. The summed E-state index contributed by atoms with van der Waals surface area (Å²) in [6, 6.07) is 18.8. The Bertz CT molecular complexity index is 1470. The number of aryl methyl sites for hydroxylation is 1. The van der Waals surface area contributed by atoms with Crippen molar-refractivity contribution in [3.8, 4) is 11.3 Å². The number of benzene rings is 3. The van der Waals surface area contributed by atoms with E-state index in [9.17, 15) is 8.60 Å². The molecule has 1 unspecified atom stereocenters. The van der Waals surface area contributed by atoms with Crippen LogP contribution in [0.15, 0.2) is 70.0 Å². The lowest BCUT2D eigenvalue weighted by Crippen LogP contribution is -2.36. The van der Waals surface area contributed by atoms with Crippen LogP contribution in [0.25, 0.3) is 22.3 Å². The molecular weight excluding hydrogens is 554 g/mol. The van der Waals surface area contributed by atoms with Gasteiger partial charge in [0.1, 0.15) is 28.1 Å². The van der Waals surface area contributed by atoms with Crippen LogP contribution >= 0.6 is 11.9 Å². The highest BCUT2D eigenvalue weighted by Gasteiger charge is 2.30. The molecule has 1 aliphatic heterocycles. The quantitative estimate of drug-likeness (QED) is 0.208. The van der Waals surface area contributed by atoms with Gasteiger partial charge < -0.3 is 14.0 Å². The van der Waals surface area contributed by atoms with Crippen molar-refractivity contribution in [2.24, 2.45) is 0 Å². The fraction of sp³-hybridized carbons (Fsp3) is 0.394. The summed E-state index contributed by atoms with van der Waals surface area (Å²) >= 11 is 1.65. The minimum Gasteiger partial charge on any atom is -0.456 e. The Morgan fingerprint density at radius 1 is 1.15 bits per heavy atom. The van der Waals surface area contributed by atoms with Gasteiger partial charge in [0.2, 0.25) is 0 Å². The monoisotopic (exact) mass is 595 g/mol. The molecule has 0 aliphatic carbocycles. The van der Waals surface area contributed by atoms with Crippen LogP contribution in [0.3, 0.4) is 0 Å². The summed E-state index contributed by atoms with van der Waals surface area (Å²) < 4.78 is 37.9. The van der Waals surface area contributed by atoms with Crippen molar-refractivity contribution < 1.29 is 13.0 Å². The number of anilines is 1. The first-order valence-corrected chi connectivity index (χ1v) is 16.6. The molecule has 0 bridgehead atoms. The third kappa shape index (κ3) is 7.05. The molecule has 5 rings (SSSR count). The van der Waals surface area contributed by atoms with Gasteiger partial charge in [0.25, 0.3) is 0 Å². The molecule has 0 saturated carbocycles. The number of nitrogens with zero attached hydrogens (tertiary/aromatic N) is 2. The van der Waals surface area contributed by atoms with E-state index in [1.807, 2.05) is 38.2 Å². The Morgan fingerprint density at radius 2 is 1.85 bits per heavy atom. The predicted molar refractivity (Wildman–Crippen MR) is 173 cm³/mol. The Labute approximate surface area is 251 Å². The molecule has 1 aromatic heterocycles. The summed E-state index contributed by atoms with van der Waals surface area (Å²) in [6.45, 7) is 8.45. The van der Waals surface area contributed by atoms with E-state index < -0.39 is 11.0 Å². The van der Waals surface area contributed by atoms with Gasteiger partial charge in [0, 0.05) is 55.5 Å². The minimum atomic E-state index is -1.20. The Morgan fingerprint density at radius 3 is 2.51 bits per heavy atom. The van der Waals surface area contributed by atoms with Crippen LogP contribution in [0, 0.1) is 12.7 Å². The number of fused-ring (bicyclic) bond motifs is 1. The highest BCUT2D eigenvalue weighted by molar-refractivity contribution is 7.99. The van der Waals surface area contributed by atoms with Crippen molar-refractivity contribution in [3.05, 3.63) is 83.2 Å². The molecule has 2 atom stereocenters. The Hall–Kier alpha value is -2.65. The number of furan rings is 1. The van der Waals surface area contributed by atoms with Gasteiger partial charge in [-0.3, -0.25) is 0 Å². The standard InChI is InChI=1S/C30H34FN3O2S2.C3H8/c1-20-8-5-6-10-29(20)38(35)34-15-7-9-22(19-34)24-16-25-26(18-32-2)30(21-11-13-23(31)14-12-21)36-28(25)17-27(24)33(3)37-4;1-3-2/h5-6,8,10-14,16-17,22,32H,7,9,15,18-19H2,1-4H3;3H2,1-2H3/t22-,38?;/m1./s1. The number of hydrogen-bond donors (Lipinski definition) is 1. The van der Waals surface area contributed by atoms with Crippen LogP contribution in [0.2, 0.25) is 0 Å². The maximum absolute atomic E-state index is 13.6. The molecule has 0 radical (unpaired) electrons. The van der Waals surface area contributed by atoms with E-state index in [4.69, 9.17) is 4.42 Å². The fourth-order valence-electron chi connectivity index (χ4n) is 5.32. The van der Waals surface area contributed by atoms with Crippen LogP contribution < -0.4 is 9.62 Å². The van der Waals surface area contributed by atoms with Crippen molar-refractivity contribution >= 4 is 39.6 Å². The first-order chi connectivity index (χ1) is 19.8.